The van der Waals surface area contributed by atoms with Crippen LogP contribution in [0.15, 0.2) is 24.5 Å². The molecule has 3 aromatic heterocycles. The molecule has 0 saturated carbocycles. The second kappa shape index (κ2) is 11.0. The Morgan fingerprint density at radius 1 is 1.15 bits per heavy atom. The van der Waals surface area contributed by atoms with Gasteiger partial charge in [-0.05, 0) is 18.9 Å². The number of hydroxylamine groups is 1. The van der Waals surface area contributed by atoms with Gasteiger partial charge in [0, 0.05) is 43.9 Å². The topological polar surface area (TPSA) is 128 Å². The predicted molar refractivity (Wildman–Crippen MR) is 121 cm³/mol. The van der Waals surface area contributed by atoms with Crippen molar-refractivity contribution in [1.29, 1.82) is 0 Å². The summed E-state index contributed by atoms with van der Waals surface area (Å²) in [7, 11) is 1.58. The number of hydrogen-bond donors (Lipinski definition) is 2. The molecule has 11 heteroatoms. The smallest absolute Gasteiger partial charge is 0.243 e. The molecule has 1 amide bonds. The molecule has 4 rings (SSSR count). The van der Waals surface area contributed by atoms with Crippen molar-refractivity contribution >= 4 is 22.8 Å². The molecule has 1 aliphatic heterocycles. The normalized spacial score (nSPS) is 13.9. The summed E-state index contributed by atoms with van der Waals surface area (Å²) in [4.78, 5) is 27.3. The van der Waals surface area contributed by atoms with Crippen molar-refractivity contribution in [3.63, 3.8) is 0 Å². The number of hydrogen-bond acceptors (Lipinski definition) is 9. The fourth-order valence-electron chi connectivity index (χ4n) is 3.84. The van der Waals surface area contributed by atoms with Crippen molar-refractivity contribution in [2.75, 3.05) is 38.3 Å². The van der Waals surface area contributed by atoms with E-state index >= 15 is 0 Å². The van der Waals surface area contributed by atoms with Crippen LogP contribution in [0.3, 0.4) is 0 Å². The van der Waals surface area contributed by atoms with E-state index in [2.05, 4.69) is 15.0 Å². The molecule has 0 atom stereocenters. The first-order valence-electron chi connectivity index (χ1n) is 11.2. The first kappa shape index (κ1) is 22.9. The van der Waals surface area contributed by atoms with Gasteiger partial charge in [0.2, 0.25) is 11.8 Å². The first-order valence-corrected chi connectivity index (χ1v) is 11.2. The van der Waals surface area contributed by atoms with Gasteiger partial charge < -0.3 is 14.4 Å². The van der Waals surface area contributed by atoms with Crippen LogP contribution >= 0.6 is 0 Å². The second-order valence-electron chi connectivity index (χ2n) is 7.86. The Morgan fingerprint density at radius 2 is 1.97 bits per heavy atom. The Balaban J connectivity index is 1.56. The van der Waals surface area contributed by atoms with E-state index in [-0.39, 0.29) is 5.91 Å². The minimum Gasteiger partial charge on any atom is -0.481 e. The van der Waals surface area contributed by atoms with E-state index in [0.29, 0.717) is 31.3 Å². The number of nitrogens with one attached hydrogen (secondary N) is 1. The summed E-state index contributed by atoms with van der Waals surface area (Å²) in [6, 6.07) is 3.70. The van der Waals surface area contributed by atoms with Gasteiger partial charge in [0.15, 0.2) is 11.5 Å². The molecule has 1 aliphatic rings. The molecule has 0 aromatic carbocycles. The maximum Gasteiger partial charge on any atom is 0.243 e. The van der Waals surface area contributed by atoms with Crippen LogP contribution in [0.2, 0.25) is 0 Å². The highest BCUT2D eigenvalue weighted by Crippen LogP contribution is 2.28. The van der Waals surface area contributed by atoms with Gasteiger partial charge in [-0.15, -0.1) is 0 Å². The highest BCUT2D eigenvalue weighted by Gasteiger charge is 2.20. The third kappa shape index (κ3) is 5.55. The quantitative estimate of drug-likeness (QED) is 0.269. The van der Waals surface area contributed by atoms with Crippen LogP contribution in [0.1, 0.15) is 32.1 Å². The predicted octanol–water partition coefficient (Wildman–Crippen LogP) is 2.19. The average Bonchev–Trinajstić information content (AvgIpc) is 3.28. The number of carbonyl (C=O) groups is 1. The average molecular weight is 456 g/mol. The number of ether oxygens (including phenoxy) is 2. The molecule has 4 heterocycles. The third-order valence-corrected chi connectivity index (χ3v) is 5.64. The van der Waals surface area contributed by atoms with Gasteiger partial charge >= 0.3 is 0 Å². The highest BCUT2D eigenvalue weighted by molar-refractivity contribution is 5.88. The maximum absolute atomic E-state index is 11.1. The summed E-state index contributed by atoms with van der Waals surface area (Å²) < 4.78 is 12.6. The standard InChI is InChI=1S/C22H29N7O4/c1-32-19-8-7-16(14-23-19)20-25-21(28-10-12-33-13-11-28)17-15-24-29(22(17)26-20)9-5-3-2-4-6-18(30)27-31/h7-8,14-15,31H,2-6,9-13H2,1H3,(H,27,30). The highest BCUT2D eigenvalue weighted by atomic mass is 16.5. The fourth-order valence-corrected chi connectivity index (χ4v) is 3.84. The summed E-state index contributed by atoms with van der Waals surface area (Å²) in [5, 5.41) is 14.1. The van der Waals surface area contributed by atoms with E-state index in [4.69, 9.17) is 24.6 Å². The monoisotopic (exact) mass is 455 g/mol. The number of aryl methyl sites for hydroxylation is 1. The lowest BCUT2D eigenvalue weighted by Crippen LogP contribution is -2.37. The summed E-state index contributed by atoms with van der Waals surface area (Å²) in [6.45, 7) is 3.56. The molecule has 0 radical (unpaired) electrons. The van der Waals surface area contributed by atoms with E-state index in [9.17, 15) is 4.79 Å². The number of morpholine rings is 1. The Kier molecular flexibility index (Phi) is 7.63. The Bertz CT molecular complexity index is 1060. The molecule has 0 spiro atoms. The molecular weight excluding hydrogens is 426 g/mol. The lowest BCUT2D eigenvalue weighted by molar-refractivity contribution is -0.129. The number of fused-ring (bicyclic) bond motifs is 1. The van der Waals surface area contributed by atoms with Crippen LogP contribution in [0.4, 0.5) is 5.82 Å². The second-order valence-corrected chi connectivity index (χ2v) is 7.86. The molecule has 2 N–H and O–H groups in total. The largest absolute Gasteiger partial charge is 0.481 e. The van der Waals surface area contributed by atoms with Crippen molar-refractivity contribution in [3.05, 3.63) is 24.5 Å². The van der Waals surface area contributed by atoms with Crippen molar-refractivity contribution in [1.82, 2.24) is 30.2 Å². The third-order valence-electron chi connectivity index (χ3n) is 5.64. The van der Waals surface area contributed by atoms with E-state index < -0.39 is 0 Å². The van der Waals surface area contributed by atoms with Gasteiger partial charge in [-0.1, -0.05) is 12.8 Å². The molecule has 0 bridgehead atoms. The Morgan fingerprint density at radius 3 is 2.70 bits per heavy atom. The van der Waals surface area contributed by atoms with Crippen LogP contribution in [0, 0.1) is 0 Å². The summed E-state index contributed by atoms with van der Waals surface area (Å²) in [5.41, 5.74) is 3.26. The minimum atomic E-state index is -0.346. The van der Waals surface area contributed by atoms with Crippen LogP contribution in [0.25, 0.3) is 22.4 Å². The van der Waals surface area contributed by atoms with Gasteiger partial charge in [0.1, 0.15) is 5.82 Å². The van der Waals surface area contributed by atoms with Crippen LogP contribution in [-0.2, 0) is 16.1 Å². The number of nitrogens with zero attached hydrogens (tertiary/aromatic N) is 6. The van der Waals surface area contributed by atoms with Gasteiger partial charge in [0.25, 0.3) is 0 Å². The first-order chi connectivity index (χ1) is 16.2. The Hall–Kier alpha value is -3.31. The van der Waals surface area contributed by atoms with Crippen LogP contribution in [0.5, 0.6) is 5.88 Å². The van der Waals surface area contributed by atoms with E-state index in [1.54, 1.807) is 24.9 Å². The number of unbranched alkanes of at least 4 members (excludes halogenated alkanes) is 3. The van der Waals surface area contributed by atoms with Crippen molar-refractivity contribution < 1.29 is 19.5 Å². The molecule has 11 nitrogen and oxygen atoms in total. The molecule has 3 aromatic rings. The lowest BCUT2D eigenvalue weighted by atomic mass is 10.1. The van der Waals surface area contributed by atoms with Crippen LogP contribution < -0.4 is 15.1 Å². The molecule has 1 saturated heterocycles. The van der Waals surface area contributed by atoms with Gasteiger partial charge in [-0.25, -0.2) is 25.1 Å². The number of aromatic nitrogens is 5. The van der Waals surface area contributed by atoms with E-state index in [1.165, 1.54) is 0 Å². The van der Waals surface area contributed by atoms with Gasteiger partial charge in [0.05, 0.1) is 31.9 Å². The van der Waals surface area contributed by atoms with Crippen molar-refractivity contribution in [3.8, 4) is 17.3 Å². The molecule has 1 fully saturated rings. The summed E-state index contributed by atoms with van der Waals surface area (Å²) in [5.74, 6) is 1.64. The summed E-state index contributed by atoms with van der Waals surface area (Å²) >= 11 is 0. The molecule has 0 unspecified atom stereocenters. The zero-order valence-corrected chi connectivity index (χ0v) is 18.7. The zero-order valence-electron chi connectivity index (χ0n) is 18.7. The number of anilines is 1. The number of amides is 1. The number of methoxy groups -OCH3 is 1. The molecule has 33 heavy (non-hydrogen) atoms. The van der Waals surface area contributed by atoms with Gasteiger partial charge in [-0.3, -0.25) is 10.0 Å². The van der Waals surface area contributed by atoms with Crippen molar-refractivity contribution in [2.24, 2.45) is 0 Å². The number of rotatable bonds is 10. The zero-order chi connectivity index (χ0) is 23.0. The fraction of sp³-hybridized carbons (Fsp3) is 0.500. The molecule has 176 valence electrons. The Labute approximate surface area is 191 Å². The van der Waals surface area contributed by atoms with Crippen LogP contribution in [-0.4, -0.2) is 69.3 Å². The van der Waals surface area contributed by atoms with E-state index in [1.807, 2.05) is 16.9 Å². The maximum atomic E-state index is 11.1. The SMILES string of the molecule is COc1ccc(-c2nc(N3CCOCC3)c3cnn(CCCCCCC(=O)NO)c3n2)cn1. The molecule has 0 aliphatic carbocycles. The van der Waals surface area contributed by atoms with Crippen molar-refractivity contribution in [2.45, 2.75) is 38.6 Å². The molecular formula is C22H29N7O4. The van der Waals surface area contributed by atoms with E-state index in [0.717, 1.165) is 67.7 Å². The number of carbonyl (C=O) groups excluding carboxylic acids is 1. The number of pyridine rings is 1. The van der Waals surface area contributed by atoms with Gasteiger partial charge in [-0.2, -0.15) is 5.10 Å². The lowest BCUT2D eigenvalue weighted by Gasteiger charge is -2.28. The summed E-state index contributed by atoms with van der Waals surface area (Å²) in [6.07, 6.45) is 7.39. The minimum absolute atomic E-state index is 0.330.